The average molecular weight is 368 g/mol. The largest absolute Gasteiger partial charge is 0.350 e. The Labute approximate surface area is 153 Å². The number of nitrogens with zero attached hydrogens (tertiary/aromatic N) is 2. The topological polar surface area (TPSA) is 49.3 Å². The molecule has 0 unspecified atom stereocenters. The van der Waals surface area contributed by atoms with Crippen molar-refractivity contribution in [2.75, 3.05) is 5.32 Å². The van der Waals surface area contributed by atoms with E-state index in [1.54, 1.807) is 18.3 Å². The Bertz CT molecular complexity index is 977. The lowest BCUT2D eigenvalue weighted by Crippen LogP contribution is -2.31. The van der Waals surface area contributed by atoms with Crippen molar-refractivity contribution >= 4 is 23.6 Å². The van der Waals surface area contributed by atoms with Gasteiger partial charge in [0.1, 0.15) is 11.6 Å². The minimum absolute atomic E-state index is 0.209. The van der Waals surface area contributed by atoms with Gasteiger partial charge in [-0.25, -0.2) is 8.78 Å². The van der Waals surface area contributed by atoms with Crippen molar-refractivity contribution in [3.63, 3.8) is 0 Å². The summed E-state index contributed by atoms with van der Waals surface area (Å²) in [5, 5.41) is 6.35. The number of fused-ring (bicyclic) bond motifs is 1. The first kappa shape index (κ1) is 16.5. The third-order valence-electron chi connectivity index (χ3n) is 3.89. The predicted molar refractivity (Wildman–Crippen MR) is 99.8 cm³/mol. The lowest BCUT2D eigenvalue weighted by Gasteiger charge is -2.21. The molecular formula is C19H14F2N4S. The van der Waals surface area contributed by atoms with Gasteiger partial charge in [0.25, 0.3) is 0 Å². The van der Waals surface area contributed by atoms with Gasteiger partial charge in [0.2, 0.25) is 5.96 Å². The summed E-state index contributed by atoms with van der Waals surface area (Å²) in [6.07, 6.45) is 1.72. The Kier molecular flexibility index (Phi) is 4.53. The molecule has 0 amide bonds. The van der Waals surface area contributed by atoms with E-state index in [-0.39, 0.29) is 5.56 Å². The molecule has 1 aliphatic rings. The van der Waals surface area contributed by atoms with Crippen molar-refractivity contribution < 1.29 is 8.78 Å². The molecule has 0 fully saturated rings. The molecule has 7 heteroatoms. The fourth-order valence-corrected chi connectivity index (χ4v) is 3.35. The van der Waals surface area contributed by atoms with Crippen LogP contribution in [-0.4, -0.2) is 10.9 Å². The van der Waals surface area contributed by atoms with Gasteiger partial charge in [-0.3, -0.25) is 4.98 Å². The van der Waals surface area contributed by atoms with Crippen LogP contribution in [0, 0.1) is 11.6 Å². The van der Waals surface area contributed by atoms with E-state index < -0.39 is 11.6 Å². The quantitative estimate of drug-likeness (QED) is 0.663. The van der Waals surface area contributed by atoms with Crippen molar-refractivity contribution in [2.24, 2.45) is 4.40 Å². The normalized spacial score (nSPS) is 12.8. The van der Waals surface area contributed by atoms with E-state index >= 15 is 0 Å². The molecule has 130 valence electrons. The van der Waals surface area contributed by atoms with Crippen LogP contribution < -0.4 is 10.6 Å². The van der Waals surface area contributed by atoms with Crippen LogP contribution in [-0.2, 0) is 6.54 Å². The molecule has 0 aliphatic carbocycles. The molecule has 3 aromatic rings. The summed E-state index contributed by atoms with van der Waals surface area (Å²) in [6, 6.07) is 14.6. The summed E-state index contributed by atoms with van der Waals surface area (Å²) in [5.74, 6) is -0.417. The van der Waals surface area contributed by atoms with Crippen molar-refractivity contribution in [1.82, 2.24) is 10.3 Å². The lowest BCUT2D eigenvalue weighted by molar-refractivity contribution is 0.603. The molecule has 1 aliphatic heterocycles. The molecule has 0 bridgehead atoms. The highest BCUT2D eigenvalue weighted by Crippen LogP contribution is 2.40. The number of benzene rings is 2. The highest BCUT2D eigenvalue weighted by molar-refractivity contribution is 7.98. The van der Waals surface area contributed by atoms with E-state index in [4.69, 9.17) is 0 Å². The lowest BCUT2D eigenvalue weighted by atomic mass is 10.0. The number of hydrogen-bond donors (Lipinski definition) is 2. The van der Waals surface area contributed by atoms with E-state index in [0.29, 0.717) is 23.8 Å². The molecule has 0 spiro atoms. The SMILES string of the molecule is Fc1ccc(F)c(-c2cccc3c2NC(NCc2ccccn2)=NS3)c1. The van der Waals surface area contributed by atoms with Gasteiger partial charge in [0.15, 0.2) is 0 Å². The van der Waals surface area contributed by atoms with Crippen LogP contribution in [0.4, 0.5) is 14.5 Å². The number of nitrogens with one attached hydrogen (secondary N) is 2. The molecule has 0 saturated carbocycles. The van der Waals surface area contributed by atoms with Gasteiger partial charge in [-0.05, 0) is 36.4 Å². The highest BCUT2D eigenvalue weighted by atomic mass is 32.2. The van der Waals surface area contributed by atoms with Crippen LogP contribution >= 0.6 is 11.9 Å². The van der Waals surface area contributed by atoms with Crippen molar-refractivity contribution in [3.8, 4) is 11.1 Å². The average Bonchev–Trinajstić information content (AvgIpc) is 2.68. The number of guanidine groups is 1. The number of aromatic nitrogens is 1. The Hall–Kier alpha value is -2.93. The summed E-state index contributed by atoms with van der Waals surface area (Å²) in [5.41, 5.74) is 2.36. The summed E-state index contributed by atoms with van der Waals surface area (Å²) in [4.78, 5) is 5.09. The molecule has 0 radical (unpaired) electrons. The maximum atomic E-state index is 14.2. The van der Waals surface area contributed by atoms with E-state index in [1.807, 2.05) is 24.3 Å². The van der Waals surface area contributed by atoms with Crippen molar-refractivity contribution in [1.29, 1.82) is 0 Å². The molecule has 2 N–H and O–H groups in total. The van der Waals surface area contributed by atoms with E-state index in [1.165, 1.54) is 18.0 Å². The van der Waals surface area contributed by atoms with Gasteiger partial charge in [0.05, 0.1) is 22.8 Å². The highest BCUT2D eigenvalue weighted by Gasteiger charge is 2.19. The number of anilines is 1. The Morgan fingerprint density at radius 2 is 1.92 bits per heavy atom. The van der Waals surface area contributed by atoms with Crippen LogP contribution in [0.2, 0.25) is 0 Å². The van der Waals surface area contributed by atoms with Gasteiger partial charge in [-0.15, -0.1) is 0 Å². The van der Waals surface area contributed by atoms with Gasteiger partial charge in [0, 0.05) is 29.3 Å². The molecular weight excluding hydrogens is 354 g/mol. The smallest absolute Gasteiger partial charge is 0.208 e. The second-order valence-corrected chi connectivity index (χ2v) is 6.44. The maximum Gasteiger partial charge on any atom is 0.208 e. The van der Waals surface area contributed by atoms with Crippen LogP contribution in [0.1, 0.15) is 5.69 Å². The second kappa shape index (κ2) is 7.13. The minimum atomic E-state index is -0.482. The van der Waals surface area contributed by atoms with Crippen molar-refractivity contribution in [2.45, 2.75) is 11.4 Å². The van der Waals surface area contributed by atoms with Crippen molar-refractivity contribution in [3.05, 3.63) is 78.1 Å². The Balaban J connectivity index is 1.61. The van der Waals surface area contributed by atoms with Gasteiger partial charge < -0.3 is 10.6 Å². The zero-order chi connectivity index (χ0) is 17.9. The first-order chi connectivity index (χ1) is 12.7. The van der Waals surface area contributed by atoms with E-state index in [2.05, 4.69) is 20.0 Å². The molecule has 0 saturated heterocycles. The predicted octanol–water partition coefficient (Wildman–Crippen LogP) is 4.61. The summed E-state index contributed by atoms with van der Waals surface area (Å²) < 4.78 is 32.2. The fourth-order valence-electron chi connectivity index (χ4n) is 2.65. The molecule has 2 heterocycles. The molecule has 4 nitrogen and oxygen atoms in total. The van der Waals surface area contributed by atoms with Gasteiger partial charge >= 0.3 is 0 Å². The zero-order valence-corrected chi connectivity index (χ0v) is 14.4. The van der Waals surface area contributed by atoms with Crippen LogP contribution in [0.25, 0.3) is 11.1 Å². The zero-order valence-electron chi connectivity index (χ0n) is 13.5. The molecule has 4 rings (SSSR count). The number of halogens is 2. The van der Waals surface area contributed by atoms with E-state index in [0.717, 1.165) is 22.7 Å². The number of para-hydroxylation sites is 1. The summed E-state index contributed by atoms with van der Waals surface area (Å²) in [6.45, 7) is 0.499. The van der Waals surface area contributed by atoms with Gasteiger partial charge in [-0.2, -0.15) is 4.40 Å². The molecule has 1 aromatic heterocycles. The monoisotopic (exact) mass is 368 g/mol. The summed E-state index contributed by atoms with van der Waals surface area (Å²) in [7, 11) is 0. The molecule has 0 atom stereocenters. The number of pyridine rings is 1. The Morgan fingerprint density at radius 3 is 2.77 bits per heavy atom. The van der Waals surface area contributed by atoms with E-state index in [9.17, 15) is 8.78 Å². The first-order valence-corrected chi connectivity index (χ1v) is 8.72. The molecule has 2 aromatic carbocycles. The van der Waals surface area contributed by atoms with Crippen LogP contribution in [0.3, 0.4) is 0 Å². The Morgan fingerprint density at radius 1 is 1.00 bits per heavy atom. The number of hydrogen-bond acceptors (Lipinski definition) is 5. The first-order valence-electron chi connectivity index (χ1n) is 7.95. The third kappa shape index (κ3) is 3.39. The third-order valence-corrected chi connectivity index (χ3v) is 4.70. The number of rotatable bonds is 3. The van der Waals surface area contributed by atoms with Crippen LogP contribution in [0.15, 0.2) is 70.1 Å². The summed E-state index contributed by atoms with van der Waals surface area (Å²) >= 11 is 1.28. The fraction of sp³-hybridized carbons (Fsp3) is 0.0526. The van der Waals surface area contributed by atoms with Gasteiger partial charge in [-0.1, -0.05) is 18.2 Å². The molecule has 26 heavy (non-hydrogen) atoms. The minimum Gasteiger partial charge on any atom is -0.350 e. The second-order valence-electron chi connectivity index (χ2n) is 5.63. The standard InChI is InChI=1S/C19H14F2N4S/c20-12-7-8-16(21)15(10-12)14-5-3-6-17-18(14)24-19(25-26-17)23-11-13-4-1-2-9-22-13/h1-10H,11H2,(H2,23,24,25). The maximum absolute atomic E-state index is 14.2. The van der Waals surface area contributed by atoms with Crippen LogP contribution in [0.5, 0.6) is 0 Å².